The number of benzene rings is 6. The number of ether oxygens (including phenoxy) is 2. The molecule has 0 bridgehead atoms. The van der Waals surface area contributed by atoms with E-state index in [1.54, 1.807) is 12.1 Å². The molecule has 0 spiro atoms. The second-order valence-corrected chi connectivity index (χ2v) is 35.4. The van der Waals surface area contributed by atoms with Gasteiger partial charge in [0, 0.05) is 58.0 Å². The Balaban J connectivity index is 0.000000226. The molecule has 15 heteroatoms. The number of nitrogen functional groups attached to an aromatic ring is 1. The fourth-order valence-electron chi connectivity index (χ4n) is 7.62. The number of aromatic nitrogens is 4. The summed E-state index contributed by atoms with van der Waals surface area (Å²) in [4.78, 5) is 10.8. The predicted octanol–water partition coefficient (Wildman–Crippen LogP) is 15.6. The Hall–Kier alpha value is -5.85. The standard InChI is InChI=1S/C29H31N3O3Si.C29H33N3OSi.2ClH.Sn/c1-22(24-11-8-12-26(19-24)32(33)34)25-14-15-27-28(16-13-23-9-6-5-7-10-23)30-31(29(27)20-25)21-35-17-18-36(2,3)4;1-22(24-11-8-12-26(30)19-24)25-14-15-27-28(16-13-23-9-6-5-7-10-23)31-32(29(27)20-25)21-33-17-18-34(2,3)4;;;/h5-16,19-20H,1,17-18,21H2,2-4H3;5-16,19-20H,1,17-18,21,30H2,2-4H3;2*1H;/q;;;;+2/p-2/b2*16-13+;;;. The number of hydrogen-bond acceptors (Lipinski definition) is 7. The van der Waals surface area contributed by atoms with Crippen LogP contribution in [0.4, 0.5) is 11.4 Å². The van der Waals surface area contributed by atoms with Gasteiger partial charge in [-0.3, -0.25) is 10.1 Å². The van der Waals surface area contributed by atoms with Crippen molar-refractivity contribution in [2.24, 2.45) is 0 Å². The summed E-state index contributed by atoms with van der Waals surface area (Å²) in [5.74, 6) is 0. The van der Waals surface area contributed by atoms with Gasteiger partial charge < -0.3 is 15.2 Å². The summed E-state index contributed by atoms with van der Waals surface area (Å²) >= 11 is -0.826. The number of anilines is 1. The first-order valence-electron chi connectivity index (χ1n) is 24.0. The van der Waals surface area contributed by atoms with E-state index in [9.17, 15) is 10.1 Å². The van der Waals surface area contributed by atoms with Gasteiger partial charge in [0.05, 0.1) is 27.3 Å². The topological polar surface area (TPSA) is 123 Å². The quantitative estimate of drug-likeness (QED) is 0.0281. The summed E-state index contributed by atoms with van der Waals surface area (Å²) in [6.45, 7) is 24.9. The summed E-state index contributed by atoms with van der Waals surface area (Å²) in [5, 5.41) is 23.1. The minimum absolute atomic E-state index is 0.0453. The number of nitrogens with two attached hydrogens (primary N) is 1. The Labute approximate surface area is 449 Å². The Kier molecular flexibility index (Phi) is 20.8. The van der Waals surface area contributed by atoms with Gasteiger partial charge in [0.15, 0.2) is 0 Å². The SMILES string of the molecule is C=C(c1cccc(N)c1)c1ccc2c(/C=C/c3ccccc3)nn(COCC[Si](C)(C)C)c2c1.C=C(c1cccc([N+](=O)[O-])c1)c1ccc2c(/C=C/c3ccccc3)nn(COCC[Si](C)(C)C)c2c1.[Cl][Sn][Cl]. The van der Waals surface area contributed by atoms with E-state index in [4.69, 9.17) is 43.2 Å². The Morgan fingerprint density at radius 3 is 1.42 bits per heavy atom. The molecule has 0 amide bonds. The number of hydrogen-bond donors (Lipinski definition) is 1. The summed E-state index contributed by atoms with van der Waals surface area (Å²) in [6, 6.07) is 49.4. The average Bonchev–Trinajstić information content (AvgIpc) is 3.91. The van der Waals surface area contributed by atoms with Crippen LogP contribution < -0.4 is 5.73 Å². The molecule has 0 aliphatic carbocycles. The molecule has 8 aromatic rings. The fourth-order valence-corrected chi connectivity index (χ4v) is 9.14. The van der Waals surface area contributed by atoms with Crippen LogP contribution in [0.1, 0.15) is 44.8 Å². The van der Waals surface area contributed by atoms with Gasteiger partial charge in [-0.05, 0) is 105 Å². The number of rotatable bonds is 19. The Morgan fingerprint density at radius 1 is 0.603 bits per heavy atom. The first-order valence-corrected chi connectivity index (χ1v) is 38.7. The van der Waals surface area contributed by atoms with E-state index in [2.05, 4.69) is 107 Å². The number of fused-ring (bicyclic) bond motifs is 2. The molecule has 0 atom stereocenters. The number of non-ortho nitro benzene ring substituents is 1. The van der Waals surface area contributed by atoms with Crippen molar-refractivity contribution in [3.05, 3.63) is 214 Å². The molecule has 0 aliphatic rings. The molecule has 73 heavy (non-hydrogen) atoms. The molecule has 2 heterocycles. The molecule has 2 N–H and O–H groups in total. The van der Waals surface area contributed by atoms with Crippen molar-refractivity contribution in [3.63, 3.8) is 0 Å². The first kappa shape index (κ1) is 56.4. The van der Waals surface area contributed by atoms with Crippen LogP contribution >= 0.6 is 17.8 Å². The normalized spacial score (nSPS) is 11.7. The fraction of sp³-hybridized carbons (Fsp3) is 0.207. The molecule has 0 aliphatic heterocycles. The van der Waals surface area contributed by atoms with Crippen LogP contribution in [0.25, 0.3) is 57.3 Å². The molecule has 0 unspecified atom stereocenters. The van der Waals surface area contributed by atoms with Crippen molar-refractivity contribution in [1.82, 2.24) is 19.6 Å². The van der Waals surface area contributed by atoms with Gasteiger partial charge in [-0.15, -0.1) is 0 Å². The molecule has 376 valence electrons. The van der Waals surface area contributed by atoms with Crippen molar-refractivity contribution in [1.29, 1.82) is 0 Å². The van der Waals surface area contributed by atoms with Crippen LogP contribution in [0.5, 0.6) is 0 Å². The average molecular weight is 1150 g/mol. The number of nitro benzene ring substituents is 1. The van der Waals surface area contributed by atoms with E-state index in [-0.39, 0.29) is 5.69 Å². The molecular formula is C58H64Cl2N6O4Si2Sn. The van der Waals surface area contributed by atoms with E-state index < -0.39 is 40.0 Å². The Bertz CT molecular complexity index is 3200. The predicted molar refractivity (Wildman–Crippen MR) is 316 cm³/mol. The summed E-state index contributed by atoms with van der Waals surface area (Å²) in [6.07, 6.45) is 8.24. The molecule has 2 aromatic heterocycles. The van der Waals surface area contributed by atoms with Crippen LogP contribution in [0.3, 0.4) is 0 Å². The van der Waals surface area contributed by atoms with Gasteiger partial charge in [0.25, 0.3) is 5.69 Å². The number of nitrogens with zero attached hydrogens (tertiary/aromatic N) is 5. The Morgan fingerprint density at radius 2 is 1.01 bits per heavy atom. The molecule has 2 radical (unpaired) electrons. The van der Waals surface area contributed by atoms with E-state index in [0.717, 1.165) is 96.5 Å². The third-order valence-corrected chi connectivity index (χ3v) is 15.2. The second kappa shape index (κ2) is 26.9. The van der Waals surface area contributed by atoms with Gasteiger partial charge in [0.2, 0.25) is 0 Å². The van der Waals surface area contributed by atoms with Crippen molar-refractivity contribution < 1.29 is 14.4 Å². The number of nitro groups is 1. The minimum atomic E-state index is -1.19. The summed E-state index contributed by atoms with van der Waals surface area (Å²) in [5.41, 5.74) is 18.1. The van der Waals surface area contributed by atoms with Gasteiger partial charge >= 0.3 is 36.7 Å². The van der Waals surface area contributed by atoms with Crippen LogP contribution in [0.15, 0.2) is 159 Å². The third-order valence-electron chi connectivity index (χ3n) is 11.8. The first-order chi connectivity index (χ1) is 34.9. The summed E-state index contributed by atoms with van der Waals surface area (Å²) < 4.78 is 15.9. The second-order valence-electron chi connectivity index (χ2n) is 19.9. The third kappa shape index (κ3) is 17.1. The van der Waals surface area contributed by atoms with E-state index in [1.165, 1.54) is 6.07 Å². The van der Waals surface area contributed by atoms with E-state index in [0.29, 0.717) is 25.6 Å². The maximum absolute atomic E-state index is 11.2. The molecular weight excluding hydrogens is 1090 g/mol. The van der Waals surface area contributed by atoms with Crippen LogP contribution in [0, 0.1) is 10.1 Å². The van der Waals surface area contributed by atoms with Crippen molar-refractivity contribution in [2.75, 3.05) is 18.9 Å². The zero-order valence-corrected chi connectivity index (χ0v) is 48.9. The molecule has 8 rings (SSSR count). The van der Waals surface area contributed by atoms with Gasteiger partial charge in [-0.1, -0.05) is 162 Å². The van der Waals surface area contributed by atoms with Crippen LogP contribution in [-0.2, 0) is 22.9 Å². The van der Waals surface area contributed by atoms with E-state index >= 15 is 0 Å². The molecule has 0 saturated carbocycles. The zero-order chi connectivity index (χ0) is 52.5. The van der Waals surface area contributed by atoms with E-state index in [1.807, 2.05) is 106 Å². The molecule has 10 nitrogen and oxygen atoms in total. The molecule has 6 aromatic carbocycles. The monoisotopic (exact) mass is 1150 g/mol. The van der Waals surface area contributed by atoms with Crippen molar-refractivity contribution in [3.8, 4) is 0 Å². The van der Waals surface area contributed by atoms with Crippen LogP contribution in [-0.4, -0.2) is 72.7 Å². The molecule has 0 fully saturated rings. The van der Waals surface area contributed by atoms with Crippen molar-refractivity contribution in [2.45, 2.75) is 64.8 Å². The van der Waals surface area contributed by atoms with Crippen molar-refractivity contribution >= 4 is 122 Å². The number of halogens is 2. The molecule has 0 saturated heterocycles. The van der Waals surface area contributed by atoms with Gasteiger partial charge in [0.1, 0.15) is 13.5 Å². The van der Waals surface area contributed by atoms with Crippen LogP contribution in [0.2, 0.25) is 51.4 Å². The van der Waals surface area contributed by atoms with Gasteiger partial charge in [-0.2, -0.15) is 10.2 Å². The summed E-state index contributed by atoms with van der Waals surface area (Å²) in [7, 11) is 7.53. The van der Waals surface area contributed by atoms with Gasteiger partial charge in [-0.25, -0.2) is 9.36 Å². The maximum atomic E-state index is 11.2. The zero-order valence-electron chi connectivity index (χ0n) is 42.5.